The standard InChI is InChI=1S/C28H41NO3/c1-5-6-9-18-27(32-22-25-16-12-8-13-17-25)19-26(20-28(30)31-4)29(23(2)3)21-24-14-10-7-11-15-24/h7-8,10-17,23,26-27H,5-6,9,18-22H2,1-4H3. The Bertz CT molecular complexity index is 748. The quantitative estimate of drug-likeness (QED) is 0.238. The van der Waals surface area contributed by atoms with Gasteiger partial charge in [0.25, 0.3) is 0 Å². The molecule has 0 aliphatic rings. The zero-order chi connectivity index (χ0) is 23.2. The summed E-state index contributed by atoms with van der Waals surface area (Å²) in [6, 6.07) is 21.2. The van der Waals surface area contributed by atoms with Gasteiger partial charge in [-0.2, -0.15) is 0 Å². The van der Waals surface area contributed by atoms with E-state index in [9.17, 15) is 4.79 Å². The molecule has 0 saturated carbocycles. The van der Waals surface area contributed by atoms with E-state index in [0.29, 0.717) is 19.1 Å². The van der Waals surface area contributed by atoms with Gasteiger partial charge in [-0.3, -0.25) is 9.69 Å². The highest BCUT2D eigenvalue weighted by molar-refractivity contribution is 5.69. The van der Waals surface area contributed by atoms with Crippen LogP contribution >= 0.6 is 0 Å². The van der Waals surface area contributed by atoms with Crippen LogP contribution < -0.4 is 0 Å². The second kappa shape index (κ2) is 14.8. The highest BCUT2D eigenvalue weighted by Crippen LogP contribution is 2.23. The minimum Gasteiger partial charge on any atom is -0.469 e. The Morgan fingerprint density at radius 2 is 1.56 bits per heavy atom. The number of carbonyl (C=O) groups is 1. The summed E-state index contributed by atoms with van der Waals surface area (Å²) in [5.41, 5.74) is 2.44. The van der Waals surface area contributed by atoms with Gasteiger partial charge in [-0.1, -0.05) is 86.8 Å². The smallest absolute Gasteiger partial charge is 0.307 e. The van der Waals surface area contributed by atoms with Crippen LogP contribution in [0.2, 0.25) is 0 Å². The average molecular weight is 440 g/mol. The molecule has 0 bridgehead atoms. The zero-order valence-electron chi connectivity index (χ0n) is 20.3. The lowest BCUT2D eigenvalue weighted by atomic mass is 9.98. The lowest BCUT2D eigenvalue weighted by Crippen LogP contribution is -2.43. The minimum absolute atomic E-state index is 0.0602. The molecule has 2 rings (SSSR count). The molecule has 2 aromatic rings. The van der Waals surface area contributed by atoms with E-state index in [1.54, 1.807) is 0 Å². The van der Waals surface area contributed by atoms with E-state index in [4.69, 9.17) is 9.47 Å². The van der Waals surface area contributed by atoms with Crippen molar-refractivity contribution in [2.45, 2.75) is 90.6 Å². The number of unbranched alkanes of at least 4 members (excludes halogenated alkanes) is 2. The summed E-state index contributed by atoms with van der Waals surface area (Å²) in [6.07, 6.45) is 5.83. The van der Waals surface area contributed by atoms with Crippen molar-refractivity contribution in [1.29, 1.82) is 0 Å². The van der Waals surface area contributed by atoms with E-state index in [-0.39, 0.29) is 18.1 Å². The number of methoxy groups -OCH3 is 1. The van der Waals surface area contributed by atoms with Crippen molar-refractivity contribution >= 4 is 5.97 Å². The van der Waals surface area contributed by atoms with Gasteiger partial charge in [0.1, 0.15) is 0 Å². The Balaban J connectivity index is 2.17. The first-order valence-corrected chi connectivity index (χ1v) is 12.1. The van der Waals surface area contributed by atoms with Crippen molar-refractivity contribution in [2.75, 3.05) is 7.11 Å². The Morgan fingerprint density at radius 1 is 0.938 bits per heavy atom. The summed E-state index contributed by atoms with van der Waals surface area (Å²) in [5.74, 6) is -0.163. The van der Waals surface area contributed by atoms with Crippen LogP contribution in [-0.4, -0.2) is 36.2 Å². The van der Waals surface area contributed by atoms with E-state index in [1.165, 1.54) is 31.1 Å². The Kier molecular flexibility index (Phi) is 12.1. The molecule has 0 aliphatic carbocycles. The SMILES string of the molecule is CCCCCC(CC(CC(=O)OC)N(Cc1ccccc1)C(C)C)OCc1ccccc1. The van der Waals surface area contributed by atoms with Gasteiger partial charge in [-0.05, 0) is 37.8 Å². The van der Waals surface area contributed by atoms with Crippen molar-refractivity contribution < 1.29 is 14.3 Å². The van der Waals surface area contributed by atoms with Gasteiger partial charge in [0.15, 0.2) is 0 Å². The highest BCUT2D eigenvalue weighted by atomic mass is 16.5. The molecule has 0 spiro atoms. The molecule has 2 aromatic carbocycles. The summed E-state index contributed by atoms with van der Waals surface area (Å²) < 4.78 is 11.5. The topological polar surface area (TPSA) is 38.8 Å². The number of benzene rings is 2. The maximum atomic E-state index is 12.3. The van der Waals surface area contributed by atoms with Crippen LogP contribution in [0.5, 0.6) is 0 Å². The fourth-order valence-electron chi connectivity index (χ4n) is 4.12. The molecule has 0 aromatic heterocycles. The van der Waals surface area contributed by atoms with Gasteiger partial charge < -0.3 is 9.47 Å². The third kappa shape index (κ3) is 9.54. The minimum atomic E-state index is -0.163. The van der Waals surface area contributed by atoms with E-state index in [1.807, 2.05) is 24.3 Å². The second-order valence-corrected chi connectivity index (χ2v) is 8.84. The molecule has 0 N–H and O–H groups in total. The number of carbonyl (C=O) groups excluding carboxylic acids is 1. The zero-order valence-corrected chi connectivity index (χ0v) is 20.3. The first-order chi connectivity index (χ1) is 15.5. The monoisotopic (exact) mass is 439 g/mol. The molecular weight excluding hydrogens is 398 g/mol. The van der Waals surface area contributed by atoms with Crippen molar-refractivity contribution in [1.82, 2.24) is 4.90 Å². The summed E-state index contributed by atoms with van der Waals surface area (Å²) in [6.45, 7) is 8.03. The van der Waals surface area contributed by atoms with Crippen LogP contribution in [0.4, 0.5) is 0 Å². The molecular formula is C28H41NO3. The fraction of sp³-hybridized carbons (Fsp3) is 0.536. The maximum absolute atomic E-state index is 12.3. The van der Waals surface area contributed by atoms with Crippen molar-refractivity contribution in [3.63, 3.8) is 0 Å². The molecule has 0 aliphatic heterocycles. The largest absolute Gasteiger partial charge is 0.469 e. The third-order valence-electron chi connectivity index (χ3n) is 5.96. The molecule has 2 unspecified atom stereocenters. The number of ether oxygens (including phenoxy) is 2. The number of hydrogen-bond donors (Lipinski definition) is 0. The van der Waals surface area contributed by atoms with E-state index in [2.05, 4.69) is 62.1 Å². The van der Waals surface area contributed by atoms with Crippen LogP contribution in [0.15, 0.2) is 60.7 Å². The Labute approximate surface area is 194 Å². The van der Waals surface area contributed by atoms with E-state index < -0.39 is 0 Å². The molecule has 32 heavy (non-hydrogen) atoms. The number of rotatable bonds is 15. The van der Waals surface area contributed by atoms with Gasteiger partial charge in [-0.15, -0.1) is 0 Å². The molecule has 2 atom stereocenters. The molecule has 0 radical (unpaired) electrons. The first kappa shape index (κ1) is 26.1. The summed E-state index contributed by atoms with van der Waals surface area (Å²) in [7, 11) is 1.47. The number of esters is 1. The first-order valence-electron chi connectivity index (χ1n) is 12.1. The van der Waals surface area contributed by atoms with Gasteiger partial charge in [0.2, 0.25) is 0 Å². The number of hydrogen-bond acceptors (Lipinski definition) is 4. The predicted molar refractivity (Wildman–Crippen MR) is 131 cm³/mol. The van der Waals surface area contributed by atoms with E-state index >= 15 is 0 Å². The lowest BCUT2D eigenvalue weighted by molar-refractivity contribution is -0.142. The predicted octanol–water partition coefficient (Wildman–Crippen LogP) is 6.38. The molecule has 4 heteroatoms. The maximum Gasteiger partial charge on any atom is 0.307 e. The molecule has 176 valence electrons. The van der Waals surface area contributed by atoms with Crippen molar-refractivity contribution in [3.05, 3.63) is 71.8 Å². The summed E-state index contributed by atoms with van der Waals surface area (Å²) >= 11 is 0. The summed E-state index contributed by atoms with van der Waals surface area (Å²) in [4.78, 5) is 14.8. The van der Waals surface area contributed by atoms with Crippen molar-refractivity contribution in [2.24, 2.45) is 0 Å². The van der Waals surface area contributed by atoms with Crippen LogP contribution in [0, 0.1) is 0 Å². The van der Waals surface area contributed by atoms with Crippen LogP contribution in [-0.2, 0) is 27.4 Å². The second-order valence-electron chi connectivity index (χ2n) is 8.84. The third-order valence-corrected chi connectivity index (χ3v) is 5.96. The fourth-order valence-corrected chi connectivity index (χ4v) is 4.12. The summed E-state index contributed by atoms with van der Waals surface area (Å²) in [5, 5.41) is 0. The van der Waals surface area contributed by atoms with Gasteiger partial charge in [0.05, 0.1) is 26.2 Å². The van der Waals surface area contributed by atoms with Crippen LogP contribution in [0.3, 0.4) is 0 Å². The van der Waals surface area contributed by atoms with Gasteiger partial charge in [-0.25, -0.2) is 0 Å². The molecule has 4 nitrogen and oxygen atoms in total. The molecule has 0 fully saturated rings. The van der Waals surface area contributed by atoms with Crippen LogP contribution in [0.25, 0.3) is 0 Å². The van der Waals surface area contributed by atoms with Crippen LogP contribution in [0.1, 0.15) is 70.4 Å². The molecule has 0 heterocycles. The normalized spacial score (nSPS) is 13.3. The van der Waals surface area contributed by atoms with E-state index in [0.717, 1.165) is 25.8 Å². The molecule has 0 amide bonds. The van der Waals surface area contributed by atoms with Crippen molar-refractivity contribution in [3.8, 4) is 0 Å². The lowest BCUT2D eigenvalue weighted by Gasteiger charge is -2.36. The Morgan fingerprint density at radius 3 is 2.12 bits per heavy atom. The highest BCUT2D eigenvalue weighted by Gasteiger charge is 2.28. The molecule has 0 saturated heterocycles. The Hall–Kier alpha value is -2.17. The average Bonchev–Trinajstić information content (AvgIpc) is 2.81. The van der Waals surface area contributed by atoms with Gasteiger partial charge >= 0.3 is 5.97 Å². The van der Waals surface area contributed by atoms with Gasteiger partial charge in [0, 0.05) is 18.6 Å². The number of nitrogens with zero attached hydrogens (tertiary/aromatic N) is 1.